The number of sulfonamides is 1. The summed E-state index contributed by atoms with van der Waals surface area (Å²) in [5.41, 5.74) is 3.02. The van der Waals surface area contributed by atoms with E-state index in [2.05, 4.69) is 29.6 Å². The number of amides is 2. The van der Waals surface area contributed by atoms with Gasteiger partial charge in [0.1, 0.15) is 0 Å². The maximum atomic E-state index is 13.5. The summed E-state index contributed by atoms with van der Waals surface area (Å²) in [5, 5.41) is 2.98. The van der Waals surface area contributed by atoms with Crippen molar-refractivity contribution in [3.63, 3.8) is 0 Å². The average molecular weight is 484 g/mol. The van der Waals surface area contributed by atoms with Crippen molar-refractivity contribution < 1.29 is 18.0 Å². The summed E-state index contributed by atoms with van der Waals surface area (Å²) in [6.45, 7) is 6.73. The highest BCUT2D eigenvalue weighted by Gasteiger charge is 2.43. The molecule has 0 aliphatic carbocycles. The third-order valence-corrected chi connectivity index (χ3v) is 8.93. The maximum absolute atomic E-state index is 13.5. The van der Waals surface area contributed by atoms with Crippen LogP contribution in [0.5, 0.6) is 0 Å². The van der Waals surface area contributed by atoms with E-state index in [9.17, 15) is 18.0 Å². The van der Waals surface area contributed by atoms with Crippen LogP contribution >= 0.6 is 0 Å². The highest BCUT2D eigenvalue weighted by atomic mass is 32.2. The van der Waals surface area contributed by atoms with Crippen molar-refractivity contribution in [1.29, 1.82) is 0 Å². The minimum absolute atomic E-state index is 0.0580. The zero-order valence-electron chi connectivity index (χ0n) is 20.3. The van der Waals surface area contributed by atoms with Gasteiger partial charge in [-0.1, -0.05) is 29.8 Å². The zero-order valence-corrected chi connectivity index (χ0v) is 21.1. The van der Waals surface area contributed by atoms with Crippen molar-refractivity contribution in [2.45, 2.75) is 50.3 Å². The summed E-state index contributed by atoms with van der Waals surface area (Å²) >= 11 is 0. The van der Waals surface area contributed by atoms with Gasteiger partial charge in [-0.25, -0.2) is 8.42 Å². The van der Waals surface area contributed by atoms with Gasteiger partial charge in [-0.2, -0.15) is 4.31 Å². The first-order valence-electron chi connectivity index (χ1n) is 11.8. The molecular weight excluding hydrogens is 450 g/mol. The quantitative estimate of drug-likeness (QED) is 0.684. The van der Waals surface area contributed by atoms with Crippen molar-refractivity contribution >= 4 is 27.5 Å². The lowest BCUT2D eigenvalue weighted by Gasteiger charge is -2.31. The third-order valence-electron chi connectivity index (χ3n) is 7.07. The fourth-order valence-electron chi connectivity index (χ4n) is 4.87. The Hall–Kier alpha value is -2.71. The molecule has 1 fully saturated rings. The van der Waals surface area contributed by atoms with Crippen LogP contribution in [0.25, 0.3) is 0 Å². The number of carbonyl (C=O) groups excluding carboxylic acids is 2. The van der Waals surface area contributed by atoms with Gasteiger partial charge in [-0.05, 0) is 69.4 Å². The molecule has 4 rings (SSSR count). The van der Waals surface area contributed by atoms with Crippen molar-refractivity contribution in [2.24, 2.45) is 5.92 Å². The van der Waals surface area contributed by atoms with Gasteiger partial charge in [0, 0.05) is 32.4 Å². The number of piperidine rings is 1. The smallest absolute Gasteiger partial charge is 0.243 e. The van der Waals surface area contributed by atoms with Gasteiger partial charge in [0.25, 0.3) is 0 Å². The predicted molar refractivity (Wildman–Crippen MR) is 132 cm³/mol. The monoisotopic (exact) mass is 483 g/mol. The number of fused-ring (bicyclic) bond motifs is 1. The minimum atomic E-state index is -3.78. The molecule has 182 valence electrons. The Labute approximate surface area is 202 Å². The number of hydrogen-bond donors (Lipinski definition) is 1. The molecule has 34 heavy (non-hydrogen) atoms. The van der Waals surface area contributed by atoms with E-state index in [4.69, 9.17) is 0 Å². The van der Waals surface area contributed by atoms with E-state index in [1.165, 1.54) is 9.87 Å². The van der Waals surface area contributed by atoms with Crippen LogP contribution in [0.2, 0.25) is 0 Å². The Morgan fingerprint density at radius 3 is 2.56 bits per heavy atom. The van der Waals surface area contributed by atoms with Crippen LogP contribution in [0.3, 0.4) is 0 Å². The van der Waals surface area contributed by atoms with Crippen LogP contribution in [0.1, 0.15) is 43.4 Å². The van der Waals surface area contributed by atoms with Crippen molar-refractivity contribution in [1.82, 2.24) is 9.62 Å². The first kappa shape index (κ1) is 24.4. The highest BCUT2D eigenvalue weighted by molar-refractivity contribution is 7.89. The van der Waals surface area contributed by atoms with Crippen LogP contribution < -0.4 is 10.2 Å². The van der Waals surface area contributed by atoms with Gasteiger partial charge in [-0.15, -0.1) is 0 Å². The van der Waals surface area contributed by atoms with Gasteiger partial charge in [0.05, 0.1) is 16.2 Å². The molecule has 8 heteroatoms. The van der Waals surface area contributed by atoms with Crippen molar-refractivity contribution in [3.05, 3.63) is 59.2 Å². The Balaban J connectivity index is 1.43. The van der Waals surface area contributed by atoms with E-state index >= 15 is 0 Å². The van der Waals surface area contributed by atoms with Crippen molar-refractivity contribution in [3.8, 4) is 0 Å². The van der Waals surface area contributed by atoms with E-state index in [1.807, 2.05) is 20.8 Å². The van der Waals surface area contributed by atoms with E-state index in [-0.39, 0.29) is 29.2 Å². The molecule has 2 heterocycles. The minimum Gasteiger partial charge on any atom is -0.355 e. The van der Waals surface area contributed by atoms with Crippen LogP contribution in [0, 0.1) is 12.8 Å². The molecular formula is C26H33N3O4S. The highest BCUT2D eigenvalue weighted by Crippen LogP contribution is 2.42. The van der Waals surface area contributed by atoms with E-state index in [0.717, 1.165) is 17.7 Å². The Bertz CT molecular complexity index is 1210. The van der Waals surface area contributed by atoms with E-state index in [0.29, 0.717) is 31.5 Å². The molecule has 0 radical (unpaired) electrons. The standard InChI is InChI=1S/C26H33N3O4S/c1-18-7-9-19(10-8-18)13-14-27-24(30)20-6-5-15-29(17-20)34(32,33)21-11-12-23-22(16-21)26(2,3)25(31)28(23)4/h7-12,16,20H,5-6,13-15,17H2,1-4H3,(H,27,30)/t20-/m1/s1. The molecule has 2 aromatic rings. The average Bonchev–Trinajstić information content (AvgIpc) is 3.00. The summed E-state index contributed by atoms with van der Waals surface area (Å²) in [5.74, 6) is -0.535. The van der Waals surface area contributed by atoms with E-state index < -0.39 is 15.4 Å². The van der Waals surface area contributed by atoms with Crippen LogP contribution in [0.15, 0.2) is 47.4 Å². The molecule has 0 bridgehead atoms. The summed E-state index contributed by atoms with van der Waals surface area (Å²) in [6, 6.07) is 13.1. The summed E-state index contributed by atoms with van der Waals surface area (Å²) in [7, 11) is -2.07. The molecule has 2 aromatic carbocycles. The Kier molecular flexibility index (Phi) is 6.57. The molecule has 7 nitrogen and oxygen atoms in total. The van der Waals surface area contributed by atoms with Crippen molar-refractivity contribution in [2.75, 3.05) is 31.6 Å². The number of benzene rings is 2. The van der Waals surface area contributed by atoms with Gasteiger partial charge in [-0.3, -0.25) is 9.59 Å². The number of likely N-dealkylation sites (N-methyl/N-ethyl adjacent to an activating group) is 1. The number of hydrogen-bond acceptors (Lipinski definition) is 4. The fourth-order valence-corrected chi connectivity index (χ4v) is 6.42. The lowest BCUT2D eigenvalue weighted by molar-refractivity contribution is -0.126. The zero-order chi connectivity index (χ0) is 24.7. The predicted octanol–water partition coefficient (Wildman–Crippen LogP) is 3.01. The largest absolute Gasteiger partial charge is 0.355 e. The normalized spacial score (nSPS) is 20.3. The first-order valence-corrected chi connectivity index (χ1v) is 13.2. The number of anilines is 1. The number of aryl methyl sites for hydroxylation is 1. The van der Waals surface area contributed by atoms with Gasteiger partial charge in [0.2, 0.25) is 21.8 Å². The molecule has 0 spiro atoms. The van der Waals surface area contributed by atoms with E-state index in [1.54, 1.807) is 30.1 Å². The Morgan fingerprint density at radius 2 is 1.85 bits per heavy atom. The molecule has 0 unspecified atom stereocenters. The lowest BCUT2D eigenvalue weighted by atomic mass is 9.86. The van der Waals surface area contributed by atoms with Gasteiger partial charge >= 0.3 is 0 Å². The second-order valence-corrected chi connectivity index (χ2v) is 11.8. The lowest BCUT2D eigenvalue weighted by Crippen LogP contribution is -2.45. The Morgan fingerprint density at radius 1 is 1.15 bits per heavy atom. The molecule has 2 aliphatic heterocycles. The number of nitrogens with one attached hydrogen (secondary N) is 1. The van der Waals surface area contributed by atoms with Gasteiger partial charge < -0.3 is 10.2 Å². The summed E-state index contributed by atoms with van der Waals surface area (Å²) < 4.78 is 28.3. The van der Waals surface area contributed by atoms with Crippen LogP contribution in [-0.2, 0) is 31.4 Å². The molecule has 2 aliphatic rings. The molecule has 2 amide bonds. The topological polar surface area (TPSA) is 86.8 Å². The molecule has 0 saturated carbocycles. The molecule has 1 N–H and O–H groups in total. The second kappa shape index (κ2) is 9.15. The summed E-state index contributed by atoms with van der Waals surface area (Å²) in [4.78, 5) is 27.1. The molecule has 1 atom stereocenters. The molecule has 1 saturated heterocycles. The second-order valence-electron chi connectivity index (χ2n) is 9.90. The number of nitrogens with zero attached hydrogens (tertiary/aromatic N) is 2. The maximum Gasteiger partial charge on any atom is 0.243 e. The SMILES string of the molecule is Cc1ccc(CCNC(=O)[C@@H]2CCCN(S(=O)(=O)c3ccc4c(c3)C(C)(C)C(=O)N4C)C2)cc1. The van der Waals surface area contributed by atoms with Gasteiger partial charge in [0.15, 0.2) is 0 Å². The third kappa shape index (κ3) is 4.49. The molecule has 0 aromatic heterocycles. The first-order chi connectivity index (χ1) is 16.0. The number of rotatable bonds is 6. The fraction of sp³-hybridized carbons (Fsp3) is 0.462. The van der Waals surface area contributed by atoms with Crippen LogP contribution in [-0.4, -0.2) is 51.2 Å². The summed E-state index contributed by atoms with van der Waals surface area (Å²) in [6.07, 6.45) is 2.03. The number of carbonyl (C=O) groups is 2. The van der Waals surface area contributed by atoms with Crippen LogP contribution in [0.4, 0.5) is 5.69 Å².